The van der Waals surface area contributed by atoms with E-state index in [1.807, 2.05) is 0 Å². The van der Waals surface area contributed by atoms with Crippen LogP contribution in [0.2, 0.25) is 10.0 Å². The van der Waals surface area contributed by atoms with E-state index in [2.05, 4.69) is 25.8 Å². The van der Waals surface area contributed by atoms with Crippen LogP contribution in [-0.4, -0.2) is 15.2 Å². The average molecular weight is 368 g/mol. The summed E-state index contributed by atoms with van der Waals surface area (Å²) in [4.78, 5) is 4.14. The summed E-state index contributed by atoms with van der Waals surface area (Å²) in [5, 5.41) is 13.9. The summed E-state index contributed by atoms with van der Waals surface area (Å²) in [7, 11) is 0. The molecule has 0 saturated heterocycles. The van der Waals surface area contributed by atoms with Crippen molar-refractivity contribution in [2.45, 2.75) is 0 Å². The van der Waals surface area contributed by atoms with Crippen molar-refractivity contribution in [3.05, 3.63) is 64.3 Å². The summed E-state index contributed by atoms with van der Waals surface area (Å²) in [5.41, 5.74) is 0.478. The van der Waals surface area contributed by atoms with Crippen molar-refractivity contribution in [2.75, 3.05) is 10.6 Å². The van der Waals surface area contributed by atoms with Crippen LogP contribution < -0.4 is 10.6 Å². The molecule has 0 aliphatic carbocycles. The maximum Gasteiger partial charge on any atom is 0.249 e. The Labute approximate surface area is 145 Å². The molecule has 122 valence electrons. The lowest BCUT2D eigenvalue weighted by molar-refractivity contribution is 0.586. The number of aromatic nitrogens is 3. The second kappa shape index (κ2) is 6.94. The van der Waals surface area contributed by atoms with Crippen molar-refractivity contribution in [1.29, 1.82) is 0 Å². The topological polar surface area (TPSA) is 62.7 Å². The van der Waals surface area contributed by atoms with Crippen LogP contribution in [-0.2, 0) is 0 Å². The van der Waals surface area contributed by atoms with Gasteiger partial charge in [-0.2, -0.15) is 10.1 Å². The van der Waals surface area contributed by atoms with Crippen LogP contribution in [0.15, 0.2) is 42.6 Å². The lowest BCUT2D eigenvalue weighted by Gasteiger charge is -2.10. The van der Waals surface area contributed by atoms with Crippen LogP contribution in [0.25, 0.3) is 0 Å². The van der Waals surface area contributed by atoms with Gasteiger partial charge in [-0.25, -0.2) is 8.78 Å². The highest BCUT2D eigenvalue weighted by molar-refractivity contribution is 6.39. The van der Waals surface area contributed by atoms with E-state index in [0.29, 0.717) is 15.7 Å². The van der Waals surface area contributed by atoms with Crippen molar-refractivity contribution < 1.29 is 8.78 Å². The van der Waals surface area contributed by atoms with Gasteiger partial charge in [0.25, 0.3) is 0 Å². The lowest BCUT2D eigenvalue weighted by atomic mass is 10.3. The number of anilines is 4. The molecule has 0 spiro atoms. The minimum Gasteiger partial charge on any atom is -0.336 e. The Morgan fingerprint density at radius 3 is 2.42 bits per heavy atom. The second-order valence-corrected chi connectivity index (χ2v) is 5.45. The molecule has 24 heavy (non-hydrogen) atoms. The first kappa shape index (κ1) is 16.4. The molecule has 0 amide bonds. The molecule has 0 fully saturated rings. The molecule has 1 heterocycles. The third kappa shape index (κ3) is 3.69. The van der Waals surface area contributed by atoms with Gasteiger partial charge in [-0.3, -0.25) is 0 Å². The van der Waals surface area contributed by atoms with Crippen LogP contribution >= 0.6 is 23.2 Å². The molecule has 0 atom stereocenters. The summed E-state index contributed by atoms with van der Waals surface area (Å²) in [6.07, 6.45) is 1.29. The van der Waals surface area contributed by atoms with E-state index >= 15 is 0 Å². The van der Waals surface area contributed by atoms with E-state index in [0.717, 1.165) is 12.1 Å². The van der Waals surface area contributed by atoms with Crippen molar-refractivity contribution >= 4 is 46.3 Å². The number of benzene rings is 2. The number of hydrogen-bond acceptors (Lipinski definition) is 5. The number of nitrogens with one attached hydrogen (secondary N) is 2. The van der Waals surface area contributed by atoms with E-state index in [9.17, 15) is 8.78 Å². The summed E-state index contributed by atoms with van der Waals surface area (Å²) in [5.74, 6) is -1.11. The Hall–Kier alpha value is -2.51. The number of halogens is 4. The van der Waals surface area contributed by atoms with Gasteiger partial charge in [-0.1, -0.05) is 29.3 Å². The summed E-state index contributed by atoms with van der Waals surface area (Å²) < 4.78 is 26.6. The largest absolute Gasteiger partial charge is 0.336 e. The van der Waals surface area contributed by atoms with Gasteiger partial charge in [-0.15, -0.1) is 5.10 Å². The highest BCUT2D eigenvalue weighted by Crippen LogP contribution is 2.31. The van der Waals surface area contributed by atoms with E-state index in [4.69, 9.17) is 23.2 Å². The van der Waals surface area contributed by atoms with E-state index < -0.39 is 11.6 Å². The molecule has 0 saturated carbocycles. The van der Waals surface area contributed by atoms with Crippen molar-refractivity contribution in [3.63, 3.8) is 0 Å². The van der Waals surface area contributed by atoms with Gasteiger partial charge >= 0.3 is 0 Å². The first-order chi connectivity index (χ1) is 11.5. The molecular formula is C15H9Cl2F2N5. The van der Waals surface area contributed by atoms with Crippen LogP contribution in [0.5, 0.6) is 0 Å². The quantitative estimate of drug-likeness (QED) is 0.683. The molecule has 0 unspecified atom stereocenters. The first-order valence-electron chi connectivity index (χ1n) is 6.66. The Balaban J connectivity index is 1.84. The molecule has 3 rings (SSSR count). The zero-order valence-electron chi connectivity index (χ0n) is 11.9. The Bertz CT molecular complexity index is 871. The monoisotopic (exact) mass is 367 g/mol. The maximum atomic E-state index is 13.7. The van der Waals surface area contributed by atoms with Gasteiger partial charge in [-0.05, 0) is 24.3 Å². The standard InChI is InChI=1S/C15H9Cl2F2N5/c16-9-2-1-3-10(17)14(9)23-15-22-13(7-20-24-15)21-12-5-4-8(18)6-11(12)19/h1-7H,(H2,21,22,23,24). The minimum atomic E-state index is -0.753. The number of rotatable bonds is 4. The van der Waals surface area contributed by atoms with Crippen LogP contribution in [0, 0.1) is 11.6 Å². The van der Waals surface area contributed by atoms with E-state index in [1.165, 1.54) is 12.3 Å². The third-order valence-corrected chi connectivity index (χ3v) is 3.58. The highest BCUT2D eigenvalue weighted by Gasteiger charge is 2.10. The summed E-state index contributed by atoms with van der Waals surface area (Å²) in [6.45, 7) is 0. The zero-order chi connectivity index (χ0) is 17.1. The van der Waals surface area contributed by atoms with Gasteiger partial charge in [0.05, 0.1) is 27.6 Å². The fourth-order valence-electron chi connectivity index (χ4n) is 1.87. The molecule has 3 aromatic rings. The van der Waals surface area contributed by atoms with E-state index in [-0.39, 0.29) is 17.5 Å². The minimum absolute atomic E-state index is 0.0543. The van der Waals surface area contributed by atoms with Gasteiger partial charge < -0.3 is 10.6 Å². The van der Waals surface area contributed by atoms with Crippen molar-refractivity contribution in [1.82, 2.24) is 15.2 Å². The third-order valence-electron chi connectivity index (χ3n) is 2.95. The van der Waals surface area contributed by atoms with Crippen molar-refractivity contribution in [3.8, 4) is 0 Å². The molecule has 5 nitrogen and oxygen atoms in total. The Morgan fingerprint density at radius 2 is 1.71 bits per heavy atom. The SMILES string of the molecule is Fc1ccc(Nc2cnnc(Nc3c(Cl)cccc3Cl)n2)c(F)c1. The number of para-hydroxylation sites is 1. The van der Waals surface area contributed by atoms with E-state index in [1.54, 1.807) is 18.2 Å². The average Bonchev–Trinajstić information content (AvgIpc) is 2.54. The molecule has 9 heteroatoms. The van der Waals surface area contributed by atoms with Gasteiger partial charge in [0.2, 0.25) is 5.95 Å². The molecule has 0 aliphatic heterocycles. The highest BCUT2D eigenvalue weighted by atomic mass is 35.5. The second-order valence-electron chi connectivity index (χ2n) is 4.64. The fraction of sp³-hybridized carbons (Fsp3) is 0. The van der Waals surface area contributed by atoms with Crippen LogP contribution in [0.3, 0.4) is 0 Å². The van der Waals surface area contributed by atoms with Gasteiger partial charge in [0.1, 0.15) is 11.6 Å². The zero-order valence-corrected chi connectivity index (χ0v) is 13.4. The van der Waals surface area contributed by atoms with Crippen molar-refractivity contribution in [2.24, 2.45) is 0 Å². The maximum absolute atomic E-state index is 13.7. The normalized spacial score (nSPS) is 10.5. The summed E-state index contributed by atoms with van der Waals surface area (Å²) in [6, 6.07) is 8.15. The van der Waals surface area contributed by atoms with Crippen LogP contribution in [0.1, 0.15) is 0 Å². The molecule has 0 aliphatic rings. The lowest BCUT2D eigenvalue weighted by Crippen LogP contribution is -2.04. The number of hydrogen-bond donors (Lipinski definition) is 2. The summed E-state index contributed by atoms with van der Waals surface area (Å²) >= 11 is 12.1. The van der Waals surface area contributed by atoms with Gasteiger partial charge in [0, 0.05) is 6.07 Å². The molecule has 2 N–H and O–H groups in total. The first-order valence-corrected chi connectivity index (χ1v) is 7.41. The predicted octanol–water partition coefficient (Wildman–Crippen LogP) is 4.94. The predicted molar refractivity (Wildman–Crippen MR) is 89.2 cm³/mol. The molecule has 0 radical (unpaired) electrons. The Kier molecular flexibility index (Phi) is 4.73. The molecule has 2 aromatic carbocycles. The molecule has 1 aromatic heterocycles. The Morgan fingerprint density at radius 1 is 0.958 bits per heavy atom. The van der Waals surface area contributed by atoms with Crippen LogP contribution in [0.4, 0.5) is 31.9 Å². The number of nitrogens with zero attached hydrogens (tertiary/aromatic N) is 3. The molecule has 0 bridgehead atoms. The van der Waals surface area contributed by atoms with Gasteiger partial charge in [0.15, 0.2) is 5.82 Å². The molecular weight excluding hydrogens is 359 g/mol. The fourth-order valence-corrected chi connectivity index (χ4v) is 2.37. The smallest absolute Gasteiger partial charge is 0.249 e.